The summed E-state index contributed by atoms with van der Waals surface area (Å²) in [4.78, 5) is 12.1. The molecule has 0 aliphatic heterocycles. The first-order chi connectivity index (χ1) is 8.14. The number of methoxy groups -OCH3 is 1. The van der Waals surface area contributed by atoms with E-state index in [-0.39, 0.29) is 11.7 Å². The highest BCUT2D eigenvalue weighted by Crippen LogP contribution is 2.20. The Morgan fingerprint density at radius 3 is 2.35 bits per heavy atom. The molecule has 3 heteroatoms. The molecular weight excluding hydrogens is 214 g/mol. The van der Waals surface area contributed by atoms with E-state index in [0.29, 0.717) is 5.56 Å². The summed E-state index contributed by atoms with van der Waals surface area (Å²) in [5, 5.41) is 0. The van der Waals surface area contributed by atoms with Crippen molar-refractivity contribution in [1.29, 1.82) is 0 Å². The first-order valence-corrected chi connectivity index (χ1v) is 5.47. The smallest absolute Gasteiger partial charge is 0.173 e. The summed E-state index contributed by atoms with van der Waals surface area (Å²) in [6.45, 7) is 0. The van der Waals surface area contributed by atoms with E-state index in [0.717, 1.165) is 0 Å². The van der Waals surface area contributed by atoms with Crippen LogP contribution in [0.4, 0.5) is 0 Å². The van der Waals surface area contributed by atoms with Gasteiger partial charge in [0.1, 0.15) is 0 Å². The minimum Gasteiger partial charge on any atom is -0.357 e. The third-order valence-electron chi connectivity index (χ3n) is 2.84. The van der Waals surface area contributed by atoms with Crippen molar-refractivity contribution >= 4 is 5.78 Å². The largest absolute Gasteiger partial charge is 0.357 e. The number of carbonyl (C=O) groups excluding carboxylic acids is 1. The fourth-order valence-corrected chi connectivity index (χ4v) is 1.73. The Hall–Kier alpha value is -1.71. The number of rotatable bonds is 3. The molecule has 0 unspecified atom stereocenters. The van der Waals surface area contributed by atoms with Gasteiger partial charge < -0.3 is 4.74 Å². The second-order valence-electron chi connectivity index (χ2n) is 4.03. The Morgan fingerprint density at radius 1 is 1.24 bits per heavy atom. The number of hydrogen-bond donors (Lipinski definition) is 1. The van der Waals surface area contributed by atoms with Gasteiger partial charge in [-0.3, -0.25) is 10.5 Å². The van der Waals surface area contributed by atoms with Crippen LogP contribution in [0.15, 0.2) is 54.6 Å². The Kier molecular flexibility index (Phi) is 3.22. The lowest BCUT2D eigenvalue weighted by Gasteiger charge is -2.24. The fraction of sp³-hybridized carbons (Fsp3) is 0.214. The molecule has 1 aromatic rings. The molecule has 0 spiro atoms. The number of carbonyl (C=O) groups is 1. The summed E-state index contributed by atoms with van der Waals surface area (Å²) in [5.41, 5.74) is 5.67. The van der Waals surface area contributed by atoms with E-state index in [4.69, 9.17) is 10.5 Å². The van der Waals surface area contributed by atoms with Crippen LogP contribution in [0, 0.1) is 5.92 Å². The third-order valence-corrected chi connectivity index (χ3v) is 2.84. The zero-order valence-corrected chi connectivity index (χ0v) is 9.67. The molecule has 0 fully saturated rings. The van der Waals surface area contributed by atoms with E-state index in [1.165, 1.54) is 7.11 Å². The maximum Gasteiger partial charge on any atom is 0.173 e. The fourth-order valence-electron chi connectivity index (χ4n) is 1.73. The number of ketones is 1. The van der Waals surface area contributed by atoms with Crippen LogP contribution in [0.5, 0.6) is 0 Å². The molecule has 0 heterocycles. The van der Waals surface area contributed by atoms with Crippen LogP contribution in [-0.4, -0.2) is 18.6 Å². The number of allylic oxidation sites excluding steroid dienone is 2. The molecule has 0 aromatic heterocycles. The van der Waals surface area contributed by atoms with Crippen molar-refractivity contribution in [3.8, 4) is 0 Å². The molecule has 0 amide bonds. The molecule has 2 N–H and O–H groups in total. The summed E-state index contributed by atoms with van der Waals surface area (Å²) in [6, 6.07) is 9.21. The summed E-state index contributed by atoms with van der Waals surface area (Å²) in [6.07, 6.45) is 6.97. The molecular formula is C14H15NO2. The molecule has 0 atom stereocenters. The molecule has 0 saturated heterocycles. The summed E-state index contributed by atoms with van der Waals surface area (Å²) < 4.78 is 5.11. The van der Waals surface area contributed by atoms with Crippen LogP contribution in [0.1, 0.15) is 10.4 Å². The average molecular weight is 229 g/mol. The van der Waals surface area contributed by atoms with Gasteiger partial charge in [0.2, 0.25) is 0 Å². The minimum atomic E-state index is -0.881. The number of hydrogen-bond acceptors (Lipinski definition) is 3. The molecule has 1 aromatic carbocycles. The molecule has 88 valence electrons. The summed E-state index contributed by atoms with van der Waals surface area (Å²) >= 11 is 0. The van der Waals surface area contributed by atoms with Crippen LogP contribution < -0.4 is 5.73 Å². The van der Waals surface area contributed by atoms with Gasteiger partial charge in [0.25, 0.3) is 0 Å². The number of benzene rings is 1. The summed E-state index contributed by atoms with van der Waals surface area (Å²) in [7, 11) is 1.54. The van der Waals surface area contributed by atoms with Gasteiger partial charge in [-0.1, -0.05) is 42.5 Å². The number of Topliss-reactive ketones (excluding diaryl/α,β-unsaturated/α-hetero) is 1. The molecule has 1 aliphatic rings. The highest BCUT2D eigenvalue weighted by Gasteiger charge is 2.24. The highest BCUT2D eigenvalue weighted by atomic mass is 16.5. The SMILES string of the molecule is COC1(N)C=CC(C(=O)c2ccccc2)C=C1. The molecule has 17 heavy (non-hydrogen) atoms. The van der Waals surface area contributed by atoms with E-state index in [9.17, 15) is 4.79 Å². The van der Waals surface area contributed by atoms with Crippen molar-refractivity contribution in [1.82, 2.24) is 0 Å². The first-order valence-electron chi connectivity index (χ1n) is 5.47. The predicted octanol–water partition coefficient (Wildman–Crippen LogP) is 1.91. The standard InChI is InChI=1S/C14H15NO2/c1-17-14(15)9-7-12(8-10-14)13(16)11-5-3-2-4-6-11/h2-10,12H,15H2,1H3. The molecule has 2 rings (SSSR count). The van der Waals surface area contributed by atoms with Crippen molar-refractivity contribution in [2.45, 2.75) is 5.72 Å². The number of ether oxygens (including phenoxy) is 1. The van der Waals surface area contributed by atoms with Crippen LogP contribution in [0.25, 0.3) is 0 Å². The van der Waals surface area contributed by atoms with E-state index >= 15 is 0 Å². The second-order valence-corrected chi connectivity index (χ2v) is 4.03. The van der Waals surface area contributed by atoms with Crippen molar-refractivity contribution < 1.29 is 9.53 Å². The first kappa shape index (κ1) is 11.8. The zero-order chi connectivity index (χ0) is 12.3. The Labute approximate surface area is 101 Å². The second kappa shape index (κ2) is 4.65. The van der Waals surface area contributed by atoms with Crippen LogP contribution in [-0.2, 0) is 4.74 Å². The van der Waals surface area contributed by atoms with E-state index in [2.05, 4.69) is 0 Å². The Bertz CT molecular complexity index is 448. The lowest BCUT2D eigenvalue weighted by atomic mass is 9.91. The van der Waals surface area contributed by atoms with Gasteiger partial charge in [-0.25, -0.2) is 0 Å². The maximum absolute atomic E-state index is 12.1. The third kappa shape index (κ3) is 2.52. The van der Waals surface area contributed by atoms with E-state index < -0.39 is 5.72 Å². The van der Waals surface area contributed by atoms with Gasteiger partial charge in [0.15, 0.2) is 11.5 Å². The van der Waals surface area contributed by atoms with Crippen molar-refractivity contribution in [3.63, 3.8) is 0 Å². The van der Waals surface area contributed by atoms with Gasteiger partial charge in [-0.2, -0.15) is 0 Å². The Balaban J connectivity index is 2.15. The van der Waals surface area contributed by atoms with Gasteiger partial charge in [-0.15, -0.1) is 0 Å². The van der Waals surface area contributed by atoms with E-state index in [1.54, 1.807) is 24.3 Å². The highest BCUT2D eigenvalue weighted by molar-refractivity contribution is 6.00. The molecule has 0 saturated carbocycles. The van der Waals surface area contributed by atoms with Gasteiger partial charge in [0.05, 0.1) is 5.92 Å². The monoisotopic (exact) mass is 229 g/mol. The molecule has 0 radical (unpaired) electrons. The Morgan fingerprint density at radius 2 is 1.82 bits per heavy atom. The zero-order valence-electron chi connectivity index (χ0n) is 9.67. The van der Waals surface area contributed by atoms with Crippen LogP contribution in [0.2, 0.25) is 0 Å². The maximum atomic E-state index is 12.1. The quantitative estimate of drug-likeness (QED) is 0.489. The summed E-state index contributed by atoms with van der Waals surface area (Å²) in [5.74, 6) is -0.194. The lowest BCUT2D eigenvalue weighted by molar-refractivity contribution is 0.0768. The molecule has 1 aliphatic carbocycles. The van der Waals surface area contributed by atoms with Gasteiger partial charge in [0, 0.05) is 12.7 Å². The van der Waals surface area contributed by atoms with Crippen LogP contribution >= 0.6 is 0 Å². The van der Waals surface area contributed by atoms with Crippen molar-refractivity contribution in [2.24, 2.45) is 11.7 Å². The average Bonchev–Trinajstić information content (AvgIpc) is 2.40. The molecule has 3 nitrogen and oxygen atoms in total. The van der Waals surface area contributed by atoms with E-state index in [1.807, 2.05) is 30.3 Å². The normalized spacial score (nSPS) is 27.1. The van der Waals surface area contributed by atoms with Gasteiger partial charge in [-0.05, 0) is 12.2 Å². The predicted molar refractivity (Wildman–Crippen MR) is 66.5 cm³/mol. The topological polar surface area (TPSA) is 52.3 Å². The van der Waals surface area contributed by atoms with Crippen molar-refractivity contribution in [3.05, 3.63) is 60.2 Å². The van der Waals surface area contributed by atoms with Crippen molar-refractivity contribution in [2.75, 3.05) is 7.11 Å². The molecule has 0 bridgehead atoms. The van der Waals surface area contributed by atoms with Crippen LogP contribution in [0.3, 0.4) is 0 Å². The number of nitrogens with two attached hydrogens (primary N) is 1. The lowest BCUT2D eigenvalue weighted by Crippen LogP contribution is -2.39. The minimum absolute atomic E-state index is 0.0660. The van der Waals surface area contributed by atoms with Gasteiger partial charge >= 0.3 is 0 Å².